The minimum absolute atomic E-state index is 0.198. The van der Waals surface area contributed by atoms with E-state index in [1.807, 2.05) is 0 Å². The Morgan fingerprint density at radius 1 is 0.875 bits per heavy atom. The van der Waals surface area contributed by atoms with Crippen molar-refractivity contribution < 1.29 is 38.1 Å². The fourth-order valence-electron chi connectivity index (χ4n) is 2.06. The number of rotatable bonds is 11. The number of nitrogens with one attached hydrogen (secondary N) is 2. The first-order chi connectivity index (χ1) is 14.8. The topological polar surface area (TPSA) is 206 Å². The summed E-state index contributed by atoms with van der Waals surface area (Å²) in [4.78, 5) is 46.5. The summed E-state index contributed by atoms with van der Waals surface area (Å²) in [5.74, 6) is -3.18. The maximum absolute atomic E-state index is 11.8. The highest BCUT2D eigenvalue weighted by molar-refractivity contribution is 7.80. The first-order valence-electron chi connectivity index (χ1n) is 8.70. The van der Waals surface area contributed by atoms with Crippen LogP contribution in [0.1, 0.15) is 27.7 Å². The van der Waals surface area contributed by atoms with E-state index in [-0.39, 0.29) is 15.9 Å². The molecule has 16 heteroatoms. The molecule has 0 fully saturated rings. The van der Waals surface area contributed by atoms with Crippen molar-refractivity contribution in [2.24, 2.45) is 21.7 Å². The SMILES string of the molecule is CC(=O)OCC(OC(C)=O)C(OC(C)=O)C(OC(C)=O)C(C=NNC(N)=S)=NNC(N)=S. The first kappa shape index (κ1) is 28.6. The molecule has 0 saturated heterocycles. The minimum atomic E-state index is -1.55. The molecule has 0 radical (unpaired) electrons. The maximum Gasteiger partial charge on any atom is 0.303 e. The molecule has 3 unspecified atom stereocenters. The van der Waals surface area contributed by atoms with Crippen LogP contribution in [-0.2, 0) is 38.1 Å². The zero-order valence-electron chi connectivity index (χ0n) is 17.6. The van der Waals surface area contributed by atoms with E-state index in [1.165, 1.54) is 0 Å². The van der Waals surface area contributed by atoms with Gasteiger partial charge in [0.05, 0.1) is 6.21 Å². The molecule has 0 rings (SSSR count). The van der Waals surface area contributed by atoms with Gasteiger partial charge in [-0.1, -0.05) is 0 Å². The standard InChI is InChI=1S/C16H24N6O8S2/c1-7(23)27-6-12(28-8(2)24)14(30-10(4)26)13(29-9(3)25)11(20-22-16(18)32)5-19-21-15(17)31/h5,12-14H,6H2,1-4H3,(H3,17,21,31)(H3,18,22,32). The molecule has 0 spiro atoms. The molecule has 0 aliphatic carbocycles. The predicted molar refractivity (Wildman–Crippen MR) is 119 cm³/mol. The number of hydrazone groups is 2. The molecule has 0 aromatic rings. The lowest BCUT2D eigenvalue weighted by Crippen LogP contribution is -2.51. The summed E-state index contributed by atoms with van der Waals surface area (Å²) in [7, 11) is 0. The normalized spacial score (nSPS) is 13.8. The van der Waals surface area contributed by atoms with Gasteiger partial charge in [0, 0.05) is 27.7 Å². The van der Waals surface area contributed by atoms with Crippen molar-refractivity contribution >= 4 is 70.5 Å². The largest absolute Gasteiger partial charge is 0.462 e. The van der Waals surface area contributed by atoms with Crippen molar-refractivity contribution in [3.05, 3.63) is 0 Å². The second-order valence-corrected chi connectivity index (χ2v) is 6.68. The Bertz CT molecular complexity index is 803. The summed E-state index contributed by atoms with van der Waals surface area (Å²) < 4.78 is 20.5. The van der Waals surface area contributed by atoms with Crippen LogP contribution in [0.5, 0.6) is 0 Å². The highest BCUT2D eigenvalue weighted by atomic mass is 32.1. The Morgan fingerprint density at radius 2 is 1.41 bits per heavy atom. The smallest absolute Gasteiger partial charge is 0.303 e. The van der Waals surface area contributed by atoms with Crippen LogP contribution in [0.15, 0.2) is 10.2 Å². The van der Waals surface area contributed by atoms with E-state index in [9.17, 15) is 19.2 Å². The quantitative estimate of drug-likeness (QED) is 0.0838. The molecule has 32 heavy (non-hydrogen) atoms. The number of carbonyl (C=O) groups excluding carboxylic acids is 4. The van der Waals surface area contributed by atoms with E-state index in [1.54, 1.807) is 0 Å². The second-order valence-electron chi connectivity index (χ2n) is 5.80. The van der Waals surface area contributed by atoms with Crippen molar-refractivity contribution in [2.45, 2.75) is 46.0 Å². The molecular formula is C16H24N6O8S2. The fraction of sp³-hybridized carbons (Fsp3) is 0.500. The Hall–Kier alpha value is -3.40. The third kappa shape index (κ3) is 13.0. The van der Waals surface area contributed by atoms with Crippen molar-refractivity contribution in [1.29, 1.82) is 0 Å². The molecule has 0 aromatic heterocycles. The van der Waals surface area contributed by atoms with E-state index >= 15 is 0 Å². The average molecular weight is 493 g/mol. The van der Waals surface area contributed by atoms with Gasteiger partial charge in [-0.2, -0.15) is 10.2 Å². The zero-order valence-corrected chi connectivity index (χ0v) is 19.3. The van der Waals surface area contributed by atoms with Crippen molar-refractivity contribution in [3.63, 3.8) is 0 Å². The van der Waals surface area contributed by atoms with Crippen molar-refractivity contribution in [2.75, 3.05) is 6.61 Å². The molecule has 0 amide bonds. The van der Waals surface area contributed by atoms with E-state index in [0.29, 0.717) is 0 Å². The molecule has 3 atom stereocenters. The van der Waals surface area contributed by atoms with Crippen LogP contribution < -0.4 is 22.3 Å². The van der Waals surface area contributed by atoms with E-state index in [0.717, 1.165) is 33.9 Å². The van der Waals surface area contributed by atoms with E-state index < -0.39 is 48.8 Å². The highest BCUT2D eigenvalue weighted by Gasteiger charge is 2.40. The summed E-state index contributed by atoms with van der Waals surface area (Å²) in [6.45, 7) is 3.77. The van der Waals surface area contributed by atoms with Gasteiger partial charge in [-0.15, -0.1) is 0 Å². The third-order valence-corrected chi connectivity index (χ3v) is 3.17. The van der Waals surface area contributed by atoms with Gasteiger partial charge in [-0.3, -0.25) is 30.0 Å². The number of nitrogens with two attached hydrogens (primary N) is 2. The Labute approximate surface area is 194 Å². The second kappa shape index (κ2) is 14.6. The molecule has 0 aliphatic rings. The van der Waals surface area contributed by atoms with Crippen LogP contribution in [0.2, 0.25) is 0 Å². The Morgan fingerprint density at radius 3 is 1.84 bits per heavy atom. The van der Waals surface area contributed by atoms with Crippen LogP contribution in [0.4, 0.5) is 0 Å². The van der Waals surface area contributed by atoms with E-state index in [2.05, 4.69) is 33.3 Å². The molecule has 0 heterocycles. The summed E-state index contributed by atoms with van der Waals surface area (Å²) in [5.41, 5.74) is 15.0. The number of hydrogen-bond donors (Lipinski definition) is 4. The van der Waals surface area contributed by atoms with Gasteiger partial charge in [-0.05, 0) is 24.4 Å². The molecule has 14 nitrogen and oxygen atoms in total. The average Bonchev–Trinajstić information content (AvgIpc) is 2.63. The van der Waals surface area contributed by atoms with Gasteiger partial charge < -0.3 is 30.4 Å². The number of esters is 4. The molecule has 6 N–H and O–H groups in total. The number of thiocarbonyl (C=S) groups is 2. The summed E-state index contributed by atoms with van der Waals surface area (Å²) in [5, 5.41) is 7.12. The Balaban J connectivity index is 6.48. The lowest BCUT2D eigenvalue weighted by molar-refractivity contribution is -0.183. The summed E-state index contributed by atoms with van der Waals surface area (Å²) >= 11 is 9.34. The first-order valence-corrected chi connectivity index (χ1v) is 9.51. The van der Waals surface area contributed by atoms with Gasteiger partial charge >= 0.3 is 23.9 Å². The lowest BCUT2D eigenvalue weighted by atomic mass is 10.0. The van der Waals surface area contributed by atoms with Gasteiger partial charge in [0.15, 0.2) is 28.5 Å². The van der Waals surface area contributed by atoms with Crippen LogP contribution in [-0.4, -0.2) is 70.9 Å². The molecular weight excluding hydrogens is 468 g/mol. The number of hydrogen-bond acceptors (Lipinski definition) is 12. The molecule has 0 saturated carbocycles. The van der Waals surface area contributed by atoms with Gasteiger partial charge in [0.25, 0.3) is 0 Å². The van der Waals surface area contributed by atoms with Crippen LogP contribution >= 0.6 is 24.4 Å². The fourth-order valence-corrected chi connectivity index (χ4v) is 2.15. The van der Waals surface area contributed by atoms with Gasteiger partial charge in [0.2, 0.25) is 0 Å². The van der Waals surface area contributed by atoms with Crippen LogP contribution in [0.3, 0.4) is 0 Å². The lowest BCUT2D eigenvalue weighted by Gasteiger charge is -2.31. The maximum atomic E-state index is 11.8. The monoisotopic (exact) mass is 492 g/mol. The summed E-state index contributed by atoms with van der Waals surface area (Å²) in [6.07, 6.45) is -3.49. The van der Waals surface area contributed by atoms with Gasteiger partial charge in [-0.25, -0.2) is 0 Å². The van der Waals surface area contributed by atoms with Crippen molar-refractivity contribution in [3.8, 4) is 0 Å². The minimum Gasteiger partial charge on any atom is -0.462 e. The number of nitrogens with zero attached hydrogens (tertiary/aromatic N) is 2. The molecule has 0 aromatic carbocycles. The number of ether oxygens (including phenoxy) is 4. The predicted octanol–water partition coefficient (Wildman–Crippen LogP) is -1.65. The van der Waals surface area contributed by atoms with E-state index in [4.69, 9.17) is 42.6 Å². The molecule has 0 bridgehead atoms. The zero-order chi connectivity index (χ0) is 24.8. The summed E-state index contributed by atoms with van der Waals surface area (Å²) in [6, 6.07) is 0. The van der Waals surface area contributed by atoms with Crippen LogP contribution in [0, 0.1) is 0 Å². The third-order valence-electron chi connectivity index (χ3n) is 2.99. The molecule has 178 valence electrons. The van der Waals surface area contributed by atoms with Crippen LogP contribution in [0.25, 0.3) is 0 Å². The molecule has 0 aliphatic heterocycles. The Kier molecular flexibility index (Phi) is 13.0. The van der Waals surface area contributed by atoms with Crippen molar-refractivity contribution in [1.82, 2.24) is 10.9 Å². The van der Waals surface area contributed by atoms with Gasteiger partial charge in [0.1, 0.15) is 12.3 Å². The number of carbonyl (C=O) groups is 4. The highest BCUT2D eigenvalue weighted by Crippen LogP contribution is 2.16.